The number of aromatic amines is 1. The molecule has 6 rings (SSSR count). The summed E-state index contributed by atoms with van der Waals surface area (Å²) in [6.45, 7) is 3.77. The summed E-state index contributed by atoms with van der Waals surface area (Å²) in [5.74, 6) is 0.443. The van der Waals surface area contributed by atoms with Crippen LogP contribution in [0.15, 0.2) is 72.8 Å². The van der Waals surface area contributed by atoms with E-state index in [2.05, 4.69) is 43.2 Å². The Morgan fingerprint density at radius 1 is 0.896 bits per heavy atom. The molecule has 1 aromatic heterocycles. The van der Waals surface area contributed by atoms with Crippen molar-refractivity contribution in [3.63, 3.8) is 0 Å². The Morgan fingerprint density at radius 2 is 1.60 bits per heavy atom. The Morgan fingerprint density at radius 3 is 2.29 bits per heavy atom. The second kappa shape index (κ2) is 15.3. The number of nitrogens with zero attached hydrogens (tertiary/aromatic N) is 5. The molecule has 0 radical (unpaired) electrons. The van der Waals surface area contributed by atoms with Gasteiger partial charge in [-0.3, -0.25) is 14.4 Å². The fourth-order valence-corrected chi connectivity index (χ4v) is 6.52. The molecule has 4 aromatic rings. The van der Waals surface area contributed by atoms with Crippen LogP contribution in [0.3, 0.4) is 0 Å². The van der Waals surface area contributed by atoms with E-state index in [1.54, 1.807) is 12.1 Å². The number of hydrogen-bond donors (Lipinski definition) is 4. The van der Waals surface area contributed by atoms with Crippen molar-refractivity contribution >= 4 is 23.4 Å². The zero-order chi connectivity index (χ0) is 33.5. The molecule has 1 saturated carbocycles. The smallest absolute Gasteiger partial charge is 0.253 e. The predicted octanol–water partition coefficient (Wildman–Crippen LogP) is 3.35. The Labute approximate surface area is 280 Å². The van der Waals surface area contributed by atoms with E-state index in [-0.39, 0.29) is 23.6 Å². The zero-order valence-corrected chi connectivity index (χ0v) is 27.3. The summed E-state index contributed by atoms with van der Waals surface area (Å²) in [6.07, 6.45) is 3.65. The molecule has 0 bridgehead atoms. The van der Waals surface area contributed by atoms with Crippen LogP contribution in [0.2, 0.25) is 0 Å². The molecule has 5 N–H and O–H groups in total. The van der Waals surface area contributed by atoms with Crippen molar-refractivity contribution in [1.29, 1.82) is 0 Å². The van der Waals surface area contributed by atoms with E-state index in [4.69, 9.17) is 5.73 Å². The standard InChI is InChI=1S/C36H43N9O3/c1-44-16-18-45(19-17-44)36(48)30-7-3-6-29(22-30)28-5-2-4-25(20-28)21-32(39-34(46)27-10-8-24(23-37)9-11-27)35(47)38-31-14-12-26(13-15-31)33-40-42-43-41-33/h2-7,12-15,20,22,24,27,32H,8-11,16-19,21,23,37H2,1H3,(H,38,47)(H,39,46)(H,40,41,42,43)/t24?,27?,32-/m0/s1. The molecular formula is C36H43N9O3. The van der Waals surface area contributed by atoms with Crippen LogP contribution >= 0.6 is 0 Å². The lowest BCUT2D eigenvalue weighted by Crippen LogP contribution is -2.48. The first-order chi connectivity index (χ1) is 23.4. The van der Waals surface area contributed by atoms with Crippen LogP contribution in [0.4, 0.5) is 5.69 Å². The largest absolute Gasteiger partial charge is 0.344 e. The van der Waals surface area contributed by atoms with Gasteiger partial charge in [-0.1, -0.05) is 36.4 Å². The molecular weight excluding hydrogens is 606 g/mol. The SMILES string of the molecule is CN1CCN(C(=O)c2cccc(-c3cccc(C[C@H](NC(=O)C4CCC(CN)CC4)C(=O)Nc4ccc(-c5nnn[nH]5)cc4)c3)c2)CC1. The number of nitrogens with one attached hydrogen (secondary N) is 3. The van der Waals surface area contributed by atoms with Gasteiger partial charge in [-0.25, -0.2) is 5.10 Å². The number of likely N-dealkylation sites (N-methyl/N-ethyl adjacent to an activating group) is 1. The lowest BCUT2D eigenvalue weighted by Gasteiger charge is -2.32. The number of rotatable bonds is 10. The van der Waals surface area contributed by atoms with E-state index in [0.29, 0.717) is 49.0 Å². The van der Waals surface area contributed by atoms with Crippen LogP contribution in [-0.4, -0.2) is 94.0 Å². The second-order valence-electron chi connectivity index (χ2n) is 12.9. The van der Waals surface area contributed by atoms with E-state index in [9.17, 15) is 14.4 Å². The molecule has 3 aromatic carbocycles. The van der Waals surface area contributed by atoms with Crippen molar-refractivity contribution in [3.05, 3.63) is 83.9 Å². The molecule has 0 spiro atoms. The molecule has 0 unspecified atom stereocenters. The minimum Gasteiger partial charge on any atom is -0.344 e. The quantitative estimate of drug-likeness (QED) is 0.203. The van der Waals surface area contributed by atoms with Crippen molar-refractivity contribution in [2.75, 3.05) is 45.1 Å². The highest BCUT2D eigenvalue weighted by Gasteiger charge is 2.29. The monoisotopic (exact) mass is 649 g/mol. The van der Waals surface area contributed by atoms with Crippen molar-refractivity contribution in [2.24, 2.45) is 17.6 Å². The van der Waals surface area contributed by atoms with Crippen molar-refractivity contribution in [2.45, 2.75) is 38.1 Å². The fourth-order valence-electron chi connectivity index (χ4n) is 6.52. The third-order valence-electron chi connectivity index (χ3n) is 9.56. The molecule has 1 aliphatic heterocycles. The third-order valence-corrected chi connectivity index (χ3v) is 9.56. The second-order valence-corrected chi connectivity index (χ2v) is 12.9. The number of benzene rings is 3. The van der Waals surface area contributed by atoms with Gasteiger partial charge < -0.3 is 26.2 Å². The molecule has 3 amide bonds. The highest BCUT2D eigenvalue weighted by atomic mass is 16.2. The maximum atomic E-state index is 13.8. The van der Waals surface area contributed by atoms with E-state index >= 15 is 0 Å². The molecule has 250 valence electrons. The van der Waals surface area contributed by atoms with Gasteiger partial charge >= 0.3 is 0 Å². The Balaban J connectivity index is 1.19. The maximum absolute atomic E-state index is 13.8. The average Bonchev–Trinajstić information content (AvgIpc) is 3.67. The Kier molecular flexibility index (Phi) is 10.5. The number of aromatic nitrogens is 4. The summed E-state index contributed by atoms with van der Waals surface area (Å²) in [5.41, 5.74) is 10.6. The minimum atomic E-state index is -0.803. The summed E-state index contributed by atoms with van der Waals surface area (Å²) in [4.78, 5) is 44.7. The topological polar surface area (TPSA) is 162 Å². The highest BCUT2D eigenvalue weighted by Crippen LogP contribution is 2.29. The Bertz CT molecular complexity index is 1690. The van der Waals surface area contributed by atoms with Gasteiger partial charge in [-0.15, -0.1) is 5.10 Å². The van der Waals surface area contributed by atoms with Gasteiger partial charge in [0.2, 0.25) is 11.8 Å². The minimum absolute atomic E-state index is 0.0339. The molecule has 2 aliphatic rings. The van der Waals surface area contributed by atoms with Crippen LogP contribution in [0.25, 0.3) is 22.5 Å². The first-order valence-electron chi connectivity index (χ1n) is 16.7. The van der Waals surface area contributed by atoms with Gasteiger partial charge in [0.15, 0.2) is 5.82 Å². The first kappa shape index (κ1) is 33.0. The number of H-pyrrole nitrogens is 1. The zero-order valence-electron chi connectivity index (χ0n) is 27.3. The number of piperazine rings is 1. The predicted molar refractivity (Wildman–Crippen MR) is 184 cm³/mol. The van der Waals surface area contributed by atoms with Gasteiger partial charge in [-0.05, 0) is 109 Å². The fraction of sp³-hybridized carbons (Fsp3) is 0.389. The van der Waals surface area contributed by atoms with Crippen LogP contribution in [-0.2, 0) is 16.0 Å². The number of hydrogen-bond acceptors (Lipinski definition) is 8. The molecule has 48 heavy (non-hydrogen) atoms. The molecule has 12 heteroatoms. The number of anilines is 1. The van der Waals surface area contributed by atoms with Crippen LogP contribution < -0.4 is 16.4 Å². The number of carbonyl (C=O) groups excluding carboxylic acids is 3. The van der Waals surface area contributed by atoms with E-state index in [1.807, 2.05) is 65.6 Å². The van der Waals surface area contributed by atoms with Gasteiger partial charge in [0.25, 0.3) is 5.91 Å². The Hall–Kier alpha value is -4.94. The average molecular weight is 650 g/mol. The first-order valence-corrected chi connectivity index (χ1v) is 16.7. The van der Waals surface area contributed by atoms with Crippen LogP contribution in [0.1, 0.15) is 41.6 Å². The van der Waals surface area contributed by atoms with Gasteiger partial charge in [0, 0.05) is 55.3 Å². The summed E-state index contributed by atoms with van der Waals surface area (Å²) in [5, 5.41) is 19.9. The summed E-state index contributed by atoms with van der Waals surface area (Å²) in [6, 6.07) is 22.0. The van der Waals surface area contributed by atoms with Crippen molar-refractivity contribution in [1.82, 2.24) is 35.7 Å². The molecule has 1 aliphatic carbocycles. The molecule has 12 nitrogen and oxygen atoms in total. The van der Waals surface area contributed by atoms with E-state index in [1.165, 1.54) is 0 Å². The van der Waals surface area contributed by atoms with E-state index < -0.39 is 6.04 Å². The summed E-state index contributed by atoms with van der Waals surface area (Å²) >= 11 is 0. The van der Waals surface area contributed by atoms with Crippen molar-refractivity contribution in [3.8, 4) is 22.5 Å². The number of nitrogens with two attached hydrogens (primary N) is 1. The molecule has 1 saturated heterocycles. The molecule has 2 heterocycles. The maximum Gasteiger partial charge on any atom is 0.253 e. The lowest BCUT2D eigenvalue weighted by molar-refractivity contribution is -0.130. The van der Waals surface area contributed by atoms with Crippen LogP contribution in [0.5, 0.6) is 0 Å². The summed E-state index contributed by atoms with van der Waals surface area (Å²) < 4.78 is 0. The highest BCUT2D eigenvalue weighted by molar-refractivity contribution is 5.98. The number of carbonyl (C=O) groups is 3. The van der Waals surface area contributed by atoms with Crippen molar-refractivity contribution < 1.29 is 14.4 Å². The third kappa shape index (κ3) is 8.12. The van der Waals surface area contributed by atoms with Crippen LogP contribution in [0, 0.1) is 11.8 Å². The van der Waals surface area contributed by atoms with Gasteiger partial charge in [-0.2, -0.15) is 0 Å². The normalized spacial score (nSPS) is 19.0. The number of tetrazole rings is 1. The molecule has 2 fully saturated rings. The van der Waals surface area contributed by atoms with Gasteiger partial charge in [0.05, 0.1) is 0 Å². The summed E-state index contributed by atoms with van der Waals surface area (Å²) in [7, 11) is 2.07. The molecule has 1 atom stereocenters. The van der Waals surface area contributed by atoms with E-state index in [0.717, 1.165) is 61.0 Å². The lowest BCUT2D eigenvalue weighted by atomic mass is 9.81. The number of amides is 3. The van der Waals surface area contributed by atoms with Gasteiger partial charge in [0.1, 0.15) is 6.04 Å².